The number of ether oxygens (including phenoxy) is 1. The minimum Gasteiger partial charge on any atom is -0.495 e. The van der Waals surface area contributed by atoms with Crippen molar-refractivity contribution in [1.29, 1.82) is 0 Å². The van der Waals surface area contributed by atoms with Crippen molar-refractivity contribution in [3.8, 4) is 5.75 Å². The zero-order chi connectivity index (χ0) is 12.3. The number of rotatable bonds is 3. The highest BCUT2D eigenvalue weighted by Crippen LogP contribution is 2.27. The monoisotopic (exact) mass is 251 g/mol. The number of aromatic amines is 1. The van der Waals surface area contributed by atoms with Gasteiger partial charge in [-0.05, 0) is 18.2 Å². The molecule has 1 aromatic carbocycles. The largest absolute Gasteiger partial charge is 0.495 e. The number of nitrogens with zero attached hydrogens (tertiary/aromatic N) is 1. The lowest BCUT2D eigenvalue weighted by molar-refractivity contribution is 0.102. The van der Waals surface area contributed by atoms with Gasteiger partial charge in [-0.1, -0.05) is 11.6 Å². The van der Waals surface area contributed by atoms with Crippen LogP contribution in [-0.4, -0.2) is 23.0 Å². The molecule has 0 saturated carbocycles. The molecule has 0 radical (unpaired) electrons. The topological polar surface area (TPSA) is 67.0 Å². The zero-order valence-corrected chi connectivity index (χ0v) is 9.78. The van der Waals surface area contributed by atoms with E-state index in [4.69, 9.17) is 16.3 Å². The van der Waals surface area contributed by atoms with Crippen molar-refractivity contribution in [2.75, 3.05) is 12.4 Å². The molecule has 5 nitrogen and oxygen atoms in total. The minimum atomic E-state index is -0.303. The van der Waals surface area contributed by atoms with E-state index in [9.17, 15) is 4.79 Å². The Morgan fingerprint density at radius 1 is 1.53 bits per heavy atom. The average Bonchev–Trinajstić information content (AvgIpc) is 2.83. The van der Waals surface area contributed by atoms with Crippen molar-refractivity contribution >= 4 is 23.2 Å². The number of halogens is 1. The number of carbonyl (C=O) groups is 1. The molecule has 0 unspecified atom stereocenters. The maximum Gasteiger partial charge on any atom is 0.273 e. The molecule has 0 saturated heterocycles. The van der Waals surface area contributed by atoms with E-state index in [2.05, 4.69) is 15.3 Å². The molecule has 1 heterocycles. The van der Waals surface area contributed by atoms with Crippen LogP contribution in [0.15, 0.2) is 30.7 Å². The first-order valence-corrected chi connectivity index (χ1v) is 5.22. The molecule has 17 heavy (non-hydrogen) atoms. The van der Waals surface area contributed by atoms with Gasteiger partial charge in [-0.2, -0.15) is 0 Å². The van der Waals surface area contributed by atoms with Crippen molar-refractivity contribution < 1.29 is 9.53 Å². The summed E-state index contributed by atoms with van der Waals surface area (Å²) >= 11 is 5.86. The molecule has 0 aliphatic heterocycles. The van der Waals surface area contributed by atoms with E-state index >= 15 is 0 Å². The van der Waals surface area contributed by atoms with Gasteiger partial charge >= 0.3 is 0 Å². The molecular formula is C11H10ClN3O2. The van der Waals surface area contributed by atoms with Crippen LogP contribution >= 0.6 is 11.6 Å². The van der Waals surface area contributed by atoms with E-state index < -0.39 is 0 Å². The highest BCUT2D eigenvalue weighted by Gasteiger charge is 2.10. The van der Waals surface area contributed by atoms with Crippen LogP contribution in [0.1, 0.15) is 10.5 Å². The number of H-pyrrole nitrogens is 1. The normalized spacial score (nSPS) is 10.0. The zero-order valence-electron chi connectivity index (χ0n) is 9.03. The first kappa shape index (κ1) is 11.5. The van der Waals surface area contributed by atoms with Crippen molar-refractivity contribution in [2.45, 2.75) is 0 Å². The van der Waals surface area contributed by atoms with E-state index in [1.54, 1.807) is 18.2 Å². The van der Waals surface area contributed by atoms with E-state index in [0.29, 0.717) is 22.2 Å². The minimum absolute atomic E-state index is 0.303. The smallest absolute Gasteiger partial charge is 0.273 e. The number of hydrogen-bond donors (Lipinski definition) is 2. The average molecular weight is 252 g/mol. The molecule has 1 amide bonds. The molecule has 0 spiro atoms. The Hall–Kier alpha value is -2.01. The van der Waals surface area contributed by atoms with Crippen LogP contribution in [0.5, 0.6) is 5.75 Å². The van der Waals surface area contributed by atoms with Crippen molar-refractivity contribution in [2.24, 2.45) is 0 Å². The summed E-state index contributed by atoms with van der Waals surface area (Å²) in [6.45, 7) is 0. The van der Waals surface area contributed by atoms with Gasteiger partial charge in [-0.3, -0.25) is 4.79 Å². The molecule has 88 valence electrons. The fraction of sp³-hybridized carbons (Fsp3) is 0.0909. The second-order valence-corrected chi connectivity index (χ2v) is 3.70. The van der Waals surface area contributed by atoms with Crippen molar-refractivity contribution in [3.63, 3.8) is 0 Å². The molecule has 1 aromatic heterocycles. The van der Waals surface area contributed by atoms with E-state index in [1.165, 1.54) is 19.6 Å². The summed E-state index contributed by atoms with van der Waals surface area (Å²) in [6.07, 6.45) is 2.87. The van der Waals surface area contributed by atoms with E-state index in [0.717, 1.165) is 0 Å². The Morgan fingerprint density at radius 3 is 3.00 bits per heavy atom. The fourth-order valence-electron chi connectivity index (χ4n) is 1.35. The number of benzene rings is 1. The third-order valence-electron chi connectivity index (χ3n) is 2.15. The Labute approximate surface area is 103 Å². The standard InChI is InChI=1S/C11H10ClN3O2/c1-17-10-3-2-7(12)4-8(10)15-11(16)9-5-13-6-14-9/h2-6H,1H3,(H,13,14)(H,15,16). The summed E-state index contributed by atoms with van der Waals surface area (Å²) in [5.74, 6) is 0.241. The number of carbonyl (C=O) groups excluding carboxylic acids is 1. The molecule has 0 aliphatic carbocycles. The van der Waals surface area contributed by atoms with Gasteiger partial charge in [-0.25, -0.2) is 4.98 Å². The van der Waals surface area contributed by atoms with Gasteiger partial charge in [0, 0.05) is 5.02 Å². The second-order valence-electron chi connectivity index (χ2n) is 3.26. The van der Waals surface area contributed by atoms with Gasteiger partial charge < -0.3 is 15.0 Å². The van der Waals surface area contributed by atoms with Gasteiger partial charge in [0.15, 0.2) is 0 Å². The van der Waals surface area contributed by atoms with Crippen LogP contribution in [0.25, 0.3) is 0 Å². The Balaban J connectivity index is 2.23. The molecule has 0 fully saturated rings. The highest BCUT2D eigenvalue weighted by atomic mass is 35.5. The van der Waals surface area contributed by atoms with Crippen LogP contribution in [0.3, 0.4) is 0 Å². The van der Waals surface area contributed by atoms with Gasteiger partial charge in [-0.15, -0.1) is 0 Å². The van der Waals surface area contributed by atoms with E-state index in [-0.39, 0.29) is 5.91 Å². The summed E-state index contributed by atoms with van der Waals surface area (Å²) in [5.41, 5.74) is 0.881. The van der Waals surface area contributed by atoms with Crippen molar-refractivity contribution in [1.82, 2.24) is 9.97 Å². The summed E-state index contributed by atoms with van der Waals surface area (Å²) in [4.78, 5) is 18.3. The lowest BCUT2D eigenvalue weighted by Gasteiger charge is -2.09. The maximum atomic E-state index is 11.8. The third kappa shape index (κ3) is 2.57. The number of hydrogen-bond acceptors (Lipinski definition) is 3. The summed E-state index contributed by atoms with van der Waals surface area (Å²) in [5, 5.41) is 3.20. The molecule has 2 rings (SSSR count). The number of amides is 1. The number of anilines is 1. The van der Waals surface area contributed by atoms with Gasteiger partial charge in [0.05, 0.1) is 25.3 Å². The van der Waals surface area contributed by atoms with Crippen molar-refractivity contribution in [3.05, 3.63) is 41.4 Å². The number of nitrogens with one attached hydrogen (secondary N) is 2. The molecule has 0 aliphatic rings. The van der Waals surface area contributed by atoms with Crippen LogP contribution < -0.4 is 10.1 Å². The Bertz CT molecular complexity index is 526. The van der Waals surface area contributed by atoms with E-state index in [1.807, 2.05) is 0 Å². The number of methoxy groups -OCH3 is 1. The first-order chi connectivity index (χ1) is 8.20. The lowest BCUT2D eigenvalue weighted by Crippen LogP contribution is -2.12. The molecule has 2 N–H and O–H groups in total. The maximum absolute atomic E-state index is 11.8. The third-order valence-corrected chi connectivity index (χ3v) is 2.39. The van der Waals surface area contributed by atoms with Crippen LogP contribution in [0, 0.1) is 0 Å². The highest BCUT2D eigenvalue weighted by molar-refractivity contribution is 6.31. The molecular weight excluding hydrogens is 242 g/mol. The molecule has 0 bridgehead atoms. The molecule has 0 atom stereocenters. The SMILES string of the molecule is COc1ccc(Cl)cc1NC(=O)c1cnc[nH]1. The quantitative estimate of drug-likeness (QED) is 0.880. The molecule has 2 aromatic rings. The predicted molar refractivity (Wildman–Crippen MR) is 64.5 cm³/mol. The first-order valence-electron chi connectivity index (χ1n) is 4.84. The second kappa shape index (κ2) is 4.88. The van der Waals surface area contributed by atoms with Gasteiger partial charge in [0.25, 0.3) is 5.91 Å². The summed E-state index contributed by atoms with van der Waals surface area (Å²) in [7, 11) is 1.52. The van der Waals surface area contributed by atoms with Crippen LogP contribution in [0.2, 0.25) is 5.02 Å². The fourth-order valence-corrected chi connectivity index (χ4v) is 1.52. The van der Waals surface area contributed by atoms with Gasteiger partial charge in [0.2, 0.25) is 0 Å². The Kier molecular flexibility index (Phi) is 3.30. The molecule has 6 heteroatoms. The van der Waals surface area contributed by atoms with Crippen LogP contribution in [0.4, 0.5) is 5.69 Å². The number of imidazole rings is 1. The lowest BCUT2D eigenvalue weighted by atomic mass is 10.3. The van der Waals surface area contributed by atoms with Crippen LogP contribution in [-0.2, 0) is 0 Å². The summed E-state index contributed by atoms with van der Waals surface area (Å²) < 4.78 is 5.12. The Morgan fingerprint density at radius 2 is 2.35 bits per heavy atom. The van der Waals surface area contributed by atoms with Gasteiger partial charge in [0.1, 0.15) is 11.4 Å². The predicted octanol–water partition coefficient (Wildman–Crippen LogP) is 2.32. The summed E-state index contributed by atoms with van der Waals surface area (Å²) in [6, 6.07) is 4.99. The number of aromatic nitrogens is 2.